The number of benzene rings is 2. The molecule has 3 aromatic rings. The van der Waals surface area contributed by atoms with Crippen molar-refractivity contribution in [3.63, 3.8) is 0 Å². The number of carbonyl (C=O) groups excluding carboxylic acids is 1. The zero-order valence-electron chi connectivity index (χ0n) is 15.6. The Labute approximate surface area is 162 Å². The maximum Gasteiger partial charge on any atom is 0.339 e. The standard InChI is InChI=1S/C22H20N2O4/c1-26-15-9-10-19-16(12-15)17(20(21(23)28-19)22(25)27-2)11-14-8-7-13-5-3-4-6-18(13)24-14/h3-10,12,17H,11,23H2,1-2H3. The number of carbonyl (C=O) groups is 1. The zero-order valence-corrected chi connectivity index (χ0v) is 15.6. The van der Waals surface area contributed by atoms with Crippen LogP contribution >= 0.6 is 0 Å². The fraction of sp³-hybridized carbons (Fsp3) is 0.182. The van der Waals surface area contributed by atoms with Crippen LogP contribution in [0, 0.1) is 0 Å². The molecule has 1 aliphatic heterocycles. The van der Waals surface area contributed by atoms with Crippen molar-refractivity contribution in [3.8, 4) is 11.5 Å². The number of ether oxygens (including phenoxy) is 3. The third kappa shape index (κ3) is 3.13. The third-order valence-corrected chi connectivity index (χ3v) is 4.90. The molecule has 0 bridgehead atoms. The molecule has 28 heavy (non-hydrogen) atoms. The van der Waals surface area contributed by atoms with Crippen LogP contribution < -0.4 is 15.2 Å². The lowest BCUT2D eigenvalue weighted by Crippen LogP contribution is -2.27. The number of hydrogen-bond donors (Lipinski definition) is 1. The van der Waals surface area contributed by atoms with E-state index in [0.717, 1.165) is 22.2 Å². The van der Waals surface area contributed by atoms with Crippen LogP contribution in [0.2, 0.25) is 0 Å². The SMILES string of the molecule is COC(=O)C1=C(N)Oc2ccc(OC)cc2C1Cc1ccc2ccccc2n1. The van der Waals surface area contributed by atoms with E-state index in [1.807, 2.05) is 42.5 Å². The van der Waals surface area contributed by atoms with Gasteiger partial charge in [0.25, 0.3) is 0 Å². The fourth-order valence-corrected chi connectivity index (χ4v) is 3.52. The monoisotopic (exact) mass is 376 g/mol. The molecule has 2 aromatic carbocycles. The maximum absolute atomic E-state index is 12.5. The summed E-state index contributed by atoms with van der Waals surface area (Å²) in [4.78, 5) is 17.2. The van der Waals surface area contributed by atoms with Gasteiger partial charge in [0, 0.05) is 29.0 Å². The molecule has 1 aliphatic rings. The van der Waals surface area contributed by atoms with Crippen LogP contribution in [-0.4, -0.2) is 25.2 Å². The van der Waals surface area contributed by atoms with Gasteiger partial charge in [-0.05, 0) is 30.3 Å². The number of esters is 1. The molecule has 142 valence electrons. The molecule has 6 nitrogen and oxygen atoms in total. The Balaban J connectivity index is 1.81. The van der Waals surface area contributed by atoms with Crippen molar-refractivity contribution in [2.45, 2.75) is 12.3 Å². The molecule has 6 heteroatoms. The summed E-state index contributed by atoms with van der Waals surface area (Å²) in [6, 6.07) is 17.3. The molecule has 2 heterocycles. The van der Waals surface area contributed by atoms with E-state index in [4.69, 9.17) is 24.9 Å². The van der Waals surface area contributed by atoms with Crippen molar-refractivity contribution in [2.75, 3.05) is 14.2 Å². The van der Waals surface area contributed by atoms with E-state index in [2.05, 4.69) is 0 Å². The Morgan fingerprint density at radius 3 is 2.75 bits per heavy atom. The van der Waals surface area contributed by atoms with Crippen LogP contribution in [0.25, 0.3) is 10.9 Å². The normalized spacial score (nSPS) is 15.7. The van der Waals surface area contributed by atoms with E-state index in [9.17, 15) is 4.79 Å². The van der Waals surface area contributed by atoms with Gasteiger partial charge in [0.05, 0.1) is 19.7 Å². The minimum absolute atomic E-state index is 0.0512. The number of rotatable bonds is 4. The number of nitrogens with two attached hydrogens (primary N) is 1. The third-order valence-electron chi connectivity index (χ3n) is 4.90. The van der Waals surface area contributed by atoms with Crippen LogP contribution in [0.1, 0.15) is 17.2 Å². The molecule has 1 atom stereocenters. The minimum Gasteiger partial charge on any atom is -0.497 e. The molecule has 0 saturated carbocycles. The highest BCUT2D eigenvalue weighted by atomic mass is 16.5. The Kier molecular flexibility index (Phi) is 4.61. The van der Waals surface area contributed by atoms with Gasteiger partial charge in [0.2, 0.25) is 5.88 Å². The van der Waals surface area contributed by atoms with Gasteiger partial charge in [-0.25, -0.2) is 4.79 Å². The van der Waals surface area contributed by atoms with Crippen molar-refractivity contribution in [1.29, 1.82) is 0 Å². The summed E-state index contributed by atoms with van der Waals surface area (Å²) >= 11 is 0. The van der Waals surface area contributed by atoms with Crippen molar-refractivity contribution < 1.29 is 19.0 Å². The van der Waals surface area contributed by atoms with Crippen LogP contribution in [0.4, 0.5) is 0 Å². The van der Waals surface area contributed by atoms with Crippen molar-refractivity contribution in [2.24, 2.45) is 5.73 Å². The summed E-state index contributed by atoms with van der Waals surface area (Å²) in [5.41, 5.74) is 8.92. The second kappa shape index (κ2) is 7.23. The van der Waals surface area contributed by atoms with Gasteiger partial charge in [-0.1, -0.05) is 24.3 Å². The number of pyridine rings is 1. The first-order valence-corrected chi connectivity index (χ1v) is 8.89. The summed E-state index contributed by atoms with van der Waals surface area (Å²) in [6.07, 6.45) is 0.472. The van der Waals surface area contributed by atoms with Gasteiger partial charge in [0.1, 0.15) is 17.1 Å². The minimum atomic E-state index is -0.517. The zero-order chi connectivity index (χ0) is 19.7. The number of nitrogens with zero attached hydrogens (tertiary/aromatic N) is 1. The van der Waals surface area contributed by atoms with E-state index < -0.39 is 5.97 Å². The fourth-order valence-electron chi connectivity index (χ4n) is 3.52. The van der Waals surface area contributed by atoms with Crippen molar-refractivity contribution in [3.05, 3.63) is 77.3 Å². The molecule has 0 spiro atoms. The lowest BCUT2D eigenvalue weighted by Gasteiger charge is -2.28. The van der Waals surface area contributed by atoms with E-state index >= 15 is 0 Å². The van der Waals surface area contributed by atoms with Gasteiger partial charge < -0.3 is 19.9 Å². The largest absolute Gasteiger partial charge is 0.497 e. The average molecular weight is 376 g/mol. The number of para-hydroxylation sites is 1. The highest BCUT2D eigenvalue weighted by Gasteiger charge is 2.34. The number of fused-ring (bicyclic) bond motifs is 2. The Bertz CT molecular complexity index is 1090. The number of methoxy groups -OCH3 is 2. The lowest BCUT2D eigenvalue weighted by molar-refractivity contribution is -0.136. The van der Waals surface area contributed by atoms with E-state index in [1.165, 1.54) is 7.11 Å². The smallest absolute Gasteiger partial charge is 0.339 e. The molecule has 0 amide bonds. The second-order valence-electron chi connectivity index (χ2n) is 6.53. The van der Waals surface area contributed by atoms with Crippen molar-refractivity contribution >= 4 is 16.9 Å². The first kappa shape index (κ1) is 17.9. The molecule has 0 radical (unpaired) electrons. The topological polar surface area (TPSA) is 83.7 Å². The van der Waals surface area contributed by atoms with Crippen LogP contribution in [0.5, 0.6) is 11.5 Å². The molecule has 0 saturated heterocycles. The summed E-state index contributed by atoms with van der Waals surface area (Å²) < 4.78 is 16.0. The summed E-state index contributed by atoms with van der Waals surface area (Å²) in [5, 5.41) is 1.06. The molecule has 0 aliphatic carbocycles. The van der Waals surface area contributed by atoms with Gasteiger partial charge in [-0.2, -0.15) is 0 Å². The molecule has 2 N–H and O–H groups in total. The number of hydrogen-bond acceptors (Lipinski definition) is 6. The predicted octanol–water partition coefficient (Wildman–Crippen LogP) is 3.31. The van der Waals surface area contributed by atoms with E-state index in [-0.39, 0.29) is 11.8 Å². The first-order valence-electron chi connectivity index (χ1n) is 8.89. The molecule has 1 unspecified atom stereocenters. The molecular weight excluding hydrogens is 356 g/mol. The van der Waals surface area contributed by atoms with E-state index in [1.54, 1.807) is 19.2 Å². The molecule has 0 fully saturated rings. The second-order valence-corrected chi connectivity index (χ2v) is 6.53. The number of aromatic nitrogens is 1. The highest BCUT2D eigenvalue weighted by Crippen LogP contribution is 2.42. The van der Waals surface area contributed by atoms with Gasteiger partial charge in [0.15, 0.2) is 0 Å². The predicted molar refractivity (Wildman–Crippen MR) is 105 cm³/mol. The van der Waals surface area contributed by atoms with Gasteiger partial charge in [-0.3, -0.25) is 4.98 Å². The first-order chi connectivity index (χ1) is 13.6. The lowest BCUT2D eigenvalue weighted by atomic mass is 9.84. The molecule has 4 rings (SSSR count). The maximum atomic E-state index is 12.5. The van der Waals surface area contributed by atoms with Crippen LogP contribution in [0.15, 0.2) is 66.1 Å². The van der Waals surface area contributed by atoms with Crippen LogP contribution in [-0.2, 0) is 16.0 Å². The average Bonchev–Trinajstić information content (AvgIpc) is 2.73. The molecular formula is C22H20N2O4. The van der Waals surface area contributed by atoms with Crippen molar-refractivity contribution in [1.82, 2.24) is 4.98 Å². The Morgan fingerprint density at radius 1 is 1.14 bits per heavy atom. The summed E-state index contributed by atoms with van der Waals surface area (Å²) in [5.74, 6) is 0.437. The molecule has 1 aromatic heterocycles. The van der Waals surface area contributed by atoms with Gasteiger partial charge in [-0.15, -0.1) is 0 Å². The highest BCUT2D eigenvalue weighted by molar-refractivity contribution is 5.91. The summed E-state index contributed by atoms with van der Waals surface area (Å²) in [7, 11) is 2.92. The van der Waals surface area contributed by atoms with Crippen LogP contribution in [0.3, 0.4) is 0 Å². The Hall–Kier alpha value is -3.54. The summed E-state index contributed by atoms with van der Waals surface area (Å²) in [6.45, 7) is 0. The van der Waals surface area contributed by atoms with E-state index in [0.29, 0.717) is 23.5 Å². The quantitative estimate of drug-likeness (QED) is 0.704. The Morgan fingerprint density at radius 2 is 1.96 bits per heavy atom. The van der Waals surface area contributed by atoms with Gasteiger partial charge >= 0.3 is 5.97 Å².